The third-order valence-corrected chi connectivity index (χ3v) is 7.67. The van der Waals surface area contributed by atoms with Crippen LogP contribution in [0, 0.1) is 17.8 Å². The molecule has 2 N–H and O–H groups in total. The van der Waals surface area contributed by atoms with E-state index in [4.69, 9.17) is 10.7 Å². The van der Waals surface area contributed by atoms with Gasteiger partial charge >= 0.3 is 6.18 Å². The van der Waals surface area contributed by atoms with Crippen molar-refractivity contribution < 1.29 is 13.2 Å². The number of hydrogen-bond donors (Lipinski definition) is 1. The predicted molar refractivity (Wildman–Crippen MR) is 122 cm³/mol. The Morgan fingerprint density at radius 3 is 2.39 bits per heavy atom. The van der Waals surface area contributed by atoms with Crippen molar-refractivity contribution in [2.45, 2.75) is 51.4 Å². The van der Waals surface area contributed by atoms with Crippen LogP contribution < -0.4 is 5.73 Å². The van der Waals surface area contributed by atoms with Crippen LogP contribution in [0.15, 0.2) is 18.5 Å². The minimum absolute atomic E-state index is 0.362. The molecule has 0 aromatic carbocycles. The molecule has 2 aromatic rings. The molecule has 5 rings (SSSR count). The van der Waals surface area contributed by atoms with Gasteiger partial charge in [0.05, 0.1) is 11.3 Å². The minimum atomic E-state index is -4.54. The van der Waals surface area contributed by atoms with Crippen LogP contribution in [-0.4, -0.2) is 63.6 Å². The van der Waals surface area contributed by atoms with E-state index in [-0.39, 0.29) is 0 Å². The lowest BCUT2D eigenvalue weighted by Crippen LogP contribution is -2.48. The van der Waals surface area contributed by atoms with Gasteiger partial charge in [0.2, 0.25) is 0 Å². The smallest absolute Gasteiger partial charge is 0.383 e. The number of hydrogen-bond acceptors (Lipinski definition) is 5. The molecule has 2 atom stereocenters. The molecule has 1 aliphatic heterocycles. The number of rotatable bonds is 5. The molecule has 2 aliphatic carbocycles. The van der Waals surface area contributed by atoms with Crippen LogP contribution in [0.2, 0.25) is 0 Å². The fourth-order valence-corrected chi connectivity index (χ4v) is 5.86. The Hall–Kier alpha value is -2.13. The zero-order chi connectivity index (χ0) is 23.5. The van der Waals surface area contributed by atoms with Crippen LogP contribution in [0.3, 0.4) is 0 Å². The van der Waals surface area contributed by atoms with Crippen LogP contribution >= 0.6 is 0 Å². The average molecular weight is 463 g/mol. The van der Waals surface area contributed by atoms with Gasteiger partial charge in [-0.3, -0.25) is 4.90 Å². The number of nitrogen functional groups attached to an aromatic ring is 1. The van der Waals surface area contributed by atoms with Gasteiger partial charge in [-0.05, 0) is 43.7 Å². The van der Waals surface area contributed by atoms with E-state index in [2.05, 4.69) is 40.2 Å². The molecule has 9 heteroatoms. The van der Waals surface area contributed by atoms with Gasteiger partial charge in [-0.25, -0.2) is 9.97 Å². The second-order valence-corrected chi connectivity index (χ2v) is 10.5. The molecule has 0 amide bonds. The highest BCUT2D eigenvalue weighted by atomic mass is 19.4. The normalized spacial score (nSPS) is 28.5. The van der Waals surface area contributed by atoms with Crippen molar-refractivity contribution in [1.29, 1.82) is 0 Å². The number of pyridine rings is 1. The molecule has 180 valence electrons. The number of halogens is 3. The summed E-state index contributed by atoms with van der Waals surface area (Å²) >= 11 is 0. The van der Waals surface area contributed by atoms with Crippen LogP contribution in [0.5, 0.6) is 0 Å². The van der Waals surface area contributed by atoms with E-state index in [1.165, 1.54) is 19.0 Å². The van der Waals surface area contributed by atoms with Crippen molar-refractivity contribution in [2.75, 3.05) is 39.0 Å². The summed E-state index contributed by atoms with van der Waals surface area (Å²) in [7, 11) is 2.18. The summed E-state index contributed by atoms with van der Waals surface area (Å²) in [5, 5.41) is 0. The minimum Gasteiger partial charge on any atom is -0.383 e. The molecule has 3 fully saturated rings. The zero-order valence-electron chi connectivity index (χ0n) is 19.5. The van der Waals surface area contributed by atoms with Gasteiger partial charge in [-0.1, -0.05) is 13.8 Å². The van der Waals surface area contributed by atoms with E-state index >= 15 is 0 Å². The number of likely N-dealkylation sites (N-methyl/N-ethyl adjacent to an activating group) is 1. The molecule has 33 heavy (non-hydrogen) atoms. The molecular weight excluding hydrogens is 429 g/mol. The highest BCUT2D eigenvalue weighted by molar-refractivity contribution is 5.62. The highest BCUT2D eigenvalue weighted by Gasteiger charge is 2.58. The number of nitrogens with zero attached hydrogens (tertiary/aromatic N) is 5. The van der Waals surface area contributed by atoms with E-state index in [0.717, 1.165) is 44.5 Å². The third-order valence-electron chi connectivity index (χ3n) is 7.67. The van der Waals surface area contributed by atoms with Crippen LogP contribution in [0.4, 0.5) is 19.0 Å². The molecule has 3 aliphatic rings. The maximum Gasteiger partial charge on any atom is 0.419 e. The molecule has 1 saturated heterocycles. The van der Waals surface area contributed by atoms with Crippen molar-refractivity contribution in [2.24, 2.45) is 17.8 Å². The summed E-state index contributed by atoms with van der Waals surface area (Å²) in [4.78, 5) is 13.6. The van der Waals surface area contributed by atoms with E-state index in [9.17, 15) is 13.2 Å². The fourth-order valence-electron chi connectivity index (χ4n) is 5.86. The third kappa shape index (κ3) is 4.37. The Morgan fingerprint density at radius 1 is 1.12 bits per heavy atom. The predicted octanol–water partition coefficient (Wildman–Crippen LogP) is 3.94. The van der Waals surface area contributed by atoms with Crippen molar-refractivity contribution in [1.82, 2.24) is 24.3 Å². The Morgan fingerprint density at radius 2 is 1.79 bits per heavy atom. The molecular formula is C24H33F3N6. The lowest BCUT2D eigenvalue weighted by molar-refractivity contribution is -0.137. The van der Waals surface area contributed by atoms with Gasteiger partial charge in [-0.15, -0.1) is 0 Å². The Labute approximate surface area is 193 Å². The summed E-state index contributed by atoms with van der Waals surface area (Å²) in [5.41, 5.74) is 5.50. The quantitative estimate of drug-likeness (QED) is 0.729. The maximum atomic E-state index is 13.4. The highest BCUT2D eigenvalue weighted by Crippen LogP contribution is 2.62. The molecule has 0 spiro atoms. The van der Waals surface area contributed by atoms with Crippen molar-refractivity contribution in [3.8, 4) is 11.3 Å². The van der Waals surface area contributed by atoms with Crippen LogP contribution in [0.1, 0.15) is 44.1 Å². The Kier molecular flexibility index (Phi) is 5.68. The fraction of sp³-hybridized carbons (Fsp3) is 0.667. The number of piperazine rings is 1. The Bertz CT molecular complexity index is 996. The van der Waals surface area contributed by atoms with E-state index in [0.29, 0.717) is 41.1 Å². The SMILES string of the molecule is CC(C)Cc1nc(-c2cnc(N)c(C(F)(F)F)c2)cn1C1C2CC(N3CCN(C)CC3)CC21. The molecule has 2 aromatic heterocycles. The first kappa shape index (κ1) is 22.7. The van der Waals surface area contributed by atoms with Gasteiger partial charge < -0.3 is 15.2 Å². The first-order valence-electron chi connectivity index (χ1n) is 11.9. The van der Waals surface area contributed by atoms with Crippen molar-refractivity contribution in [3.63, 3.8) is 0 Å². The summed E-state index contributed by atoms with van der Waals surface area (Å²) < 4.78 is 42.3. The monoisotopic (exact) mass is 462 g/mol. The first-order chi connectivity index (χ1) is 15.6. The summed E-state index contributed by atoms with van der Waals surface area (Å²) in [5.74, 6) is 2.14. The number of anilines is 1. The lowest BCUT2D eigenvalue weighted by Gasteiger charge is -2.37. The van der Waals surface area contributed by atoms with Crippen LogP contribution in [-0.2, 0) is 12.6 Å². The molecule has 2 saturated carbocycles. The van der Waals surface area contributed by atoms with E-state index in [1.807, 2.05) is 6.20 Å². The van der Waals surface area contributed by atoms with E-state index < -0.39 is 17.6 Å². The zero-order valence-corrected chi connectivity index (χ0v) is 19.5. The van der Waals surface area contributed by atoms with Gasteiger partial charge in [0.1, 0.15) is 11.6 Å². The Balaban J connectivity index is 1.37. The van der Waals surface area contributed by atoms with Gasteiger partial charge in [-0.2, -0.15) is 13.2 Å². The second-order valence-electron chi connectivity index (χ2n) is 10.5. The number of aromatic nitrogens is 3. The summed E-state index contributed by atoms with van der Waals surface area (Å²) in [6, 6.07) is 2.15. The largest absolute Gasteiger partial charge is 0.419 e. The van der Waals surface area contributed by atoms with E-state index in [1.54, 1.807) is 0 Å². The summed E-state index contributed by atoms with van der Waals surface area (Å²) in [6.45, 7) is 8.84. The van der Waals surface area contributed by atoms with Crippen molar-refractivity contribution >= 4 is 5.82 Å². The molecule has 3 heterocycles. The van der Waals surface area contributed by atoms with Crippen LogP contribution in [0.25, 0.3) is 11.3 Å². The number of nitrogens with two attached hydrogens (primary N) is 1. The lowest BCUT2D eigenvalue weighted by atomic mass is 10.1. The first-order valence-corrected chi connectivity index (χ1v) is 11.9. The molecule has 6 nitrogen and oxygen atoms in total. The number of alkyl halides is 3. The molecule has 0 radical (unpaired) electrons. The maximum absolute atomic E-state index is 13.4. The van der Waals surface area contributed by atoms with Gasteiger partial charge in [0, 0.05) is 62.6 Å². The molecule has 2 unspecified atom stereocenters. The standard InChI is InChI=1S/C24H33F3N6/c1-14(2)8-21-30-20(15-9-19(24(25,26)27)23(28)29-12-15)13-33(21)22-17-10-16(11-18(17)22)32-6-4-31(3)5-7-32/h9,12-14,16-18,22H,4-8,10-11H2,1-3H3,(H2,28,29). The number of imidazole rings is 1. The van der Waals surface area contributed by atoms with Crippen molar-refractivity contribution in [3.05, 3.63) is 29.8 Å². The molecule has 0 bridgehead atoms. The second kappa shape index (κ2) is 8.27. The van der Waals surface area contributed by atoms with Gasteiger partial charge in [0.15, 0.2) is 0 Å². The average Bonchev–Trinajstić information content (AvgIpc) is 3.07. The topological polar surface area (TPSA) is 63.2 Å². The van der Waals surface area contributed by atoms with Gasteiger partial charge in [0.25, 0.3) is 0 Å². The number of fused-ring (bicyclic) bond motifs is 1. The summed E-state index contributed by atoms with van der Waals surface area (Å²) in [6.07, 6.45) is 2.01.